The SMILES string of the molecule is Cc1noc(NS(=O)(=O)c2ccsc2C(=O)N=[N+]=[N-])c1Br. The summed E-state index contributed by atoms with van der Waals surface area (Å²) in [6, 6.07) is 1.23. The number of halogens is 1. The maximum Gasteiger partial charge on any atom is 0.265 e. The van der Waals surface area contributed by atoms with E-state index in [-0.39, 0.29) is 15.7 Å². The standard InChI is InChI=1S/C9H6BrN5O4S2/c1-4-6(10)9(19-13-4)14-21(17,18)5-2-3-20-7(5)8(16)12-15-11/h2-3,14H,1H3. The number of amides is 1. The molecule has 2 heterocycles. The molecule has 2 rings (SSSR count). The Hall–Kier alpha value is -1.88. The highest BCUT2D eigenvalue weighted by molar-refractivity contribution is 9.10. The minimum Gasteiger partial charge on any atom is -0.336 e. The molecule has 2 aromatic heterocycles. The topological polar surface area (TPSA) is 138 Å². The lowest BCUT2D eigenvalue weighted by Crippen LogP contribution is -2.14. The molecular formula is C9H6BrN5O4S2. The number of thiophene rings is 1. The normalized spacial score (nSPS) is 11.0. The molecule has 1 N–H and O–H groups in total. The van der Waals surface area contributed by atoms with E-state index in [4.69, 9.17) is 10.1 Å². The summed E-state index contributed by atoms with van der Waals surface area (Å²) in [5.41, 5.74) is 8.71. The molecule has 0 radical (unpaired) electrons. The number of hydrogen-bond acceptors (Lipinski definition) is 6. The number of anilines is 1. The third-order valence-corrected chi connectivity index (χ3v) is 5.61. The van der Waals surface area contributed by atoms with Gasteiger partial charge >= 0.3 is 0 Å². The van der Waals surface area contributed by atoms with Crippen LogP contribution in [0.15, 0.2) is 30.5 Å². The largest absolute Gasteiger partial charge is 0.336 e. The molecule has 0 spiro atoms. The number of hydrogen-bond donors (Lipinski definition) is 1. The van der Waals surface area contributed by atoms with E-state index >= 15 is 0 Å². The number of sulfonamides is 1. The van der Waals surface area contributed by atoms with E-state index < -0.39 is 15.9 Å². The first-order chi connectivity index (χ1) is 9.86. The van der Waals surface area contributed by atoms with Crippen LogP contribution in [0, 0.1) is 6.92 Å². The lowest BCUT2D eigenvalue weighted by molar-refractivity contribution is 0.100. The molecule has 12 heteroatoms. The van der Waals surface area contributed by atoms with E-state index in [1.807, 2.05) is 0 Å². The van der Waals surface area contributed by atoms with Crippen molar-refractivity contribution in [2.24, 2.45) is 5.11 Å². The van der Waals surface area contributed by atoms with Crippen LogP contribution in [0.5, 0.6) is 0 Å². The lowest BCUT2D eigenvalue weighted by atomic mass is 10.4. The van der Waals surface area contributed by atoms with Gasteiger partial charge in [-0.15, -0.1) is 11.3 Å². The third-order valence-electron chi connectivity index (χ3n) is 2.27. The summed E-state index contributed by atoms with van der Waals surface area (Å²) in [6.07, 6.45) is 0. The third kappa shape index (κ3) is 3.08. The molecule has 0 unspecified atom stereocenters. The zero-order valence-corrected chi connectivity index (χ0v) is 13.5. The maximum absolute atomic E-state index is 12.3. The van der Waals surface area contributed by atoms with E-state index in [0.717, 1.165) is 11.3 Å². The van der Waals surface area contributed by atoms with Crippen LogP contribution in [-0.2, 0) is 10.0 Å². The van der Waals surface area contributed by atoms with Crippen molar-refractivity contribution >= 4 is 49.1 Å². The molecule has 0 aliphatic carbocycles. The van der Waals surface area contributed by atoms with Gasteiger partial charge in [0.25, 0.3) is 21.8 Å². The molecule has 2 aromatic rings. The Morgan fingerprint density at radius 2 is 2.33 bits per heavy atom. The number of carbonyl (C=O) groups excluding carboxylic acids is 1. The van der Waals surface area contributed by atoms with E-state index in [1.165, 1.54) is 11.4 Å². The fourth-order valence-corrected chi connectivity index (χ4v) is 4.02. The maximum atomic E-state index is 12.3. The summed E-state index contributed by atoms with van der Waals surface area (Å²) in [5.74, 6) is -1.08. The molecule has 110 valence electrons. The highest BCUT2D eigenvalue weighted by Gasteiger charge is 2.26. The second kappa shape index (κ2) is 5.85. The average molecular weight is 392 g/mol. The van der Waals surface area contributed by atoms with Gasteiger partial charge in [-0.05, 0) is 44.9 Å². The Kier molecular flexibility index (Phi) is 4.32. The van der Waals surface area contributed by atoms with Crippen molar-refractivity contribution < 1.29 is 17.7 Å². The van der Waals surface area contributed by atoms with Crippen LogP contribution >= 0.6 is 27.3 Å². The molecule has 0 aliphatic heterocycles. The second-order valence-corrected chi connectivity index (χ2v) is 6.99. The summed E-state index contributed by atoms with van der Waals surface area (Å²) >= 11 is 3.98. The highest BCUT2D eigenvalue weighted by atomic mass is 79.9. The first kappa shape index (κ1) is 15.5. The van der Waals surface area contributed by atoms with Crippen LogP contribution in [0.4, 0.5) is 5.88 Å². The minimum atomic E-state index is -4.08. The van der Waals surface area contributed by atoms with Crippen molar-refractivity contribution in [3.05, 3.63) is 36.9 Å². The molecular weight excluding hydrogens is 386 g/mol. The van der Waals surface area contributed by atoms with Crippen LogP contribution in [0.2, 0.25) is 0 Å². The fraction of sp³-hybridized carbons (Fsp3) is 0.111. The molecule has 1 amide bonds. The monoisotopic (exact) mass is 391 g/mol. The first-order valence-electron chi connectivity index (χ1n) is 5.18. The molecule has 0 atom stereocenters. The molecule has 0 fully saturated rings. The summed E-state index contributed by atoms with van der Waals surface area (Å²) in [7, 11) is -4.08. The molecule has 0 bridgehead atoms. The zero-order valence-electron chi connectivity index (χ0n) is 10.3. The van der Waals surface area contributed by atoms with Crippen LogP contribution < -0.4 is 4.72 Å². The molecule has 21 heavy (non-hydrogen) atoms. The number of carbonyl (C=O) groups is 1. The molecule has 0 saturated heterocycles. The molecule has 0 saturated carbocycles. The lowest BCUT2D eigenvalue weighted by Gasteiger charge is -2.04. The first-order valence-corrected chi connectivity index (χ1v) is 8.34. The van der Waals surface area contributed by atoms with E-state index in [0.29, 0.717) is 10.2 Å². The van der Waals surface area contributed by atoms with Gasteiger partial charge in [0.15, 0.2) is 0 Å². The number of nitrogens with zero attached hydrogens (tertiary/aromatic N) is 4. The Morgan fingerprint density at radius 1 is 1.62 bits per heavy atom. The number of azide groups is 1. The van der Waals surface area contributed by atoms with E-state index in [1.54, 1.807) is 6.92 Å². The van der Waals surface area contributed by atoms with Gasteiger partial charge in [-0.25, -0.2) is 13.1 Å². The van der Waals surface area contributed by atoms with Crippen LogP contribution in [-0.4, -0.2) is 19.5 Å². The quantitative estimate of drug-likeness (QED) is 0.484. The highest BCUT2D eigenvalue weighted by Crippen LogP contribution is 2.30. The number of aryl methyl sites for hydroxylation is 1. The Labute approximate surface area is 130 Å². The zero-order chi connectivity index (χ0) is 15.6. The van der Waals surface area contributed by atoms with Gasteiger partial charge < -0.3 is 4.52 Å². The summed E-state index contributed by atoms with van der Waals surface area (Å²) < 4.78 is 31.8. The number of aromatic nitrogens is 1. The molecule has 0 aromatic carbocycles. The smallest absolute Gasteiger partial charge is 0.265 e. The minimum absolute atomic E-state index is 0.110. The van der Waals surface area contributed by atoms with Gasteiger partial charge in [0.05, 0.1) is 10.6 Å². The summed E-state index contributed by atoms with van der Waals surface area (Å²) in [4.78, 5) is 13.4. The Morgan fingerprint density at radius 3 is 2.90 bits per heavy atom. The summed E-state index contributed by atoms with van der Waals surface area (Å²) in [5, 5.41) is 7.87. The molecule has 0 aliphatic rings. The van der Waals surface area contributed by atoms with Gasteiger partial charge in [-0.1, -0.05) is 5.16 Å². The van der Waals surface area contributed by atoms with Crippen molar-refractivity contribution in [3.63, 3.8) is 0 Å². The van der Waals surface area contributed by atoms with Gasteiger partial charge in [-0.2, -0.15) is 0 Å². The summed E-state index contributed by atoms with van der Waals surface area (Å²) in [6.45, 7) is 1.62. The van der Waals surface area contributed by atoms with Gasteiger partial charge in [0.2, 0.25) is 0 Å². The number of nitrogens with one attached hydrogen (secondary N) is 1. The average Bonchev–Trinajstić information content (AvgIpc) is 3.02. The number of rotatable bonds is 4. The van der Waals surface area contributed by atoms with Gasteiger partial charge in [-0.3, -0.25) is 4.79 Å². The van der Waals surface area contributed by atoms with Crippen molar-refractivity contribution in [3.8, 4) is 0 Å². The van der Waals surface area contributed by atoms with E-state index in [2.05, 4.69) is 35.8 Å². The predicted octanol–water partition coefficient (Wildman–Crippen LogP) is 3.06. The second-order valence-electron chi connectivity index (χ2n) is 3.63. The van der Waals surface area contributed by atoms with Crippen LogP contribution in [0.25, 0.3) is 10.4 Å². The van der Waals surface area contributed by atoms with E-state index in [9.17, 15) is 13.2 Å². The Bertz CT molecular complexity index is 849. The Balaban J connectivity index is 2.41. The predicted molar refractivity (Wildman–Crippen MR) is 77.5 cm³/mol. The van der Waals surface area contributed by atoms with Gasteiger partial charge in [0.1, 0.15) is 9.37 Å². The van der Waals surface area contributed by atoms with Crippen LogP contribution in [0.1, 0.15) is 15.4 Å². The van der Waals surface area contributed by atoms with Crippen molar-refractivity contribution in [1.82, 2.24) is 5.16 Å². The van der Waals surface area contributed by atoms with Crippen molar-refractivity contribution in [1.29, 1.82) is 0 Å². The molecule has 9 nitrogen and oxygen atoms in total. The van der Waals surface area contributed by atoms with Crippen molar-refractivity contribution in [2.45, 2.75) is 11.8 Å². The fourth-order valence-electron chi connectivity index (χ4n) is 1.35. The van der Waals surface area contributed by atoms with Crippen LogP contribution in [0.3, 0.4) is 0 Å². The van der Waals surface area contributed by atoms with Crippen molar-refractivity contribution in [2.75, 3.05) is 4.72 Å². The van der Waals surface area contributed by atoms with Gasteiger partial charge in [0, 0.05) is 4.91 Å².